The summed E-state index contributed by atoms with van der Waals surface area (Å²) >= 11 is 6.02. The van der Waals surface area contributed by atoms with Gasteiger partial charge >= 0.3 is 0 Å². The fraction of sp³-hybridized carbons (Fsp3) is 0.286. The van der Waals surface area contributed by atoms with Gasteiger partial charge in [-0.2, -0.15) is 5.26 Å². The maximum Gasteiger partial charge on any atom is 0.0999 e. The van der Waals surface area contributed by atoms with E-state index in [0.29, 0.717) is 16.5 Å². The van der Waals surface area contributed by atoms with Crippen molar-refractivity contribution < 1.29 is 0 Å². The van der Waals surface area contributed by atoms with Gasteiger partial charge in [-0.15, -0.1) is 0 Å². The van der Waals surface area contributed by atoms with Gasteiger partial charge in [-0.05, 0) is 36.6 Å². The van der Waals surface area contributed by atoms with Gasteiger partial charge in [0.1, 0.15) is 0 Å². The summed E-state index contributed by atoms with van der Waals surface area (Å²) in [5.41, 5.74) is 3.47. The van der Waals surface area contributed by atoms with E-state index in [9.17, 15) is 5.26 Å². The fourth-order valence-electron chi connectivity index (χ4n) is 1.86. The molecule has 2 aromatic rings. The van der Waals surface area contributed by atoms with E-state index in [-0.39, 0.29) is 0 Å². The fourth-order valence-corrected chi connectivity index (χ4v) is 2.14. The number of aryl methyl sites for hydroxylation is 1. The molecule has 0 aliphatic carbocycles. The zero-order valence-corrected chi connectivity index (χ0v) is 10.8. The van der Waals surface area contributed by atoms with E-state index in [1.807, 2.05) is 19.1 Å². The molecule has 2 nitrogen and oxygen atoms in total. The van der Waals surface area contributed by atoms with E-state index in [1.165, 1.54) is 0 Å². The number of benzene rings is 1. The summed E-state index contributed by atoms with van der Waals surface area (Å²) in [5.74, 6) is 0.307. The first kappa shape index (κ1) is 11.9. The zero-order valence-electron chi connectivity index (χ0n) is 10.1. The molecule has 0 radical (unpaired) electrons. The average molecular weight is 245 g/mol. The molecule has 1 heterocycles. The number of nitrogens with zero attached hydrogens (tertiary/aromatic N) is 2. The van der Waals surface area contributed by atoms with E-state index in [4.69, 9.17) is 11.6 Å². The van der Waals surface area contributed by atoms with Crippen LogP contribution in [0.1, 0.15) is 36.6 Å². The Bertz CT molecular complexity index is 624. The van der Waals surface area contributed by atoms with Crippen LogP contribution in [0.25, 0.3) is 10.9 Å². The van der Waals surface area contributed by atoms with Gasteiger partial charge < -0.3 is 0 Å². The standard InChI is InChI=1S/C14H13ClN2/c1-8(2)13-5-10(7-16)12-6-11(15)4-9(3)14(12)17-13/h4-6,8H,1-3H3. The first-order valence-electron chi connectivity index (χ1n) is 5.54. The summed E-state index contributed by atoms with van der Waals surface area (Å²) in [5, 5.41) is 10.7. The maximum atomic E-state index is 9.20. The lowest BCUT2D eigenvalue weighted by Crippen LogP contribution is -1.97. The van der Waals surface area contributed by atoms with E-state index >= 15 is 0 Å². The normalized spacial score (nSPS) is 10.8. The van der Waals surface area contributed by atoms with Crippen LogP contribution in [-0.2, 0) is 0 Å². The van der Waals surface area contributed by atoms with Gasteiger partial charge in [0.2, 0.25) is 0 Å². The highest BCUT2D eigenvalue weighted by Crippen LogP contribution is 2.27. The Morgan fingerprint density at radius 2 is 2.00 bits per heavy atom. The molecule has 0 atom stereocenters. The predicted octanol–water partition coefficient (Wildman–Crippen LogP) is 4.19. The average Bonchev–Trinajstić information content (AvgIpc) is 2.27. The second-order valence-corrected chi connectivity index (χ2v) is 4.92. The number of hydrogen-bond acceptors (Lipinski definition) is 2. The van der Waals surface area contributed by atoms with Crippen molar-refractivity contribution in [3.05, 3.63) is 40.0 Å². The van der Waals surface area contributed by atoms with Crippen molar-refractivity contribution in [1.29, 1.82) is 5.26 Å². The summed E-state index contributed by atoms with van der Waals surface area (Å²) in [7, 11) is 0. The van der Waals surface area contributed by atoms with Gasteiger partial charge in [-0.25, -0.2) is 0 Å². The Balaban J connectivity index is 2.88. The molecule has 0 aliphatic rings. The molecular weight excluding hydrogens is 232 g/mol. The number of nitriles is 1. The molecule has 0 bridgehead atoms. The lowest BCUT2D eigenvalue weighted by molar-refractivity contribution is 0.829. The second kappa shape index (κ2) is 4.35. The highest BCUT2D eigenvalue weighted by molar-refractivity contribution is 6.31. The van der Waals surface area contributed by atoms with E-state index < -0.39 is 0 Å². The van der Waals surface area contributed by atoms with Crippen LogP contribution in [0.3, 0.4) is 0 Å². The smallest absolute Gasteiger partial charge is 0.0999 e. The van der Waals surface area contributed by atoms with Gasteiger partial charge in [0.15, 0.2) is 0 Å². The molecule has 0 N–H and O–H groups in total. The van der Waals surface area contributed by atoms with Gasteiger partial charge in [0.05, 0.1) is 17.1 Å². The van der Waals surface area contributed by atoms with Crippen LogP contribution in [0.4, 0.5) is 0 Å². The van der Waals surface area contributed by atoms with Crippen LogP contribution >= 0.6 is 11.6 Å². The minimum atomic E-state index is 0.307. The van der Waals surface area contributed by atoms with Crippen molar-refractivity contribution in [1.82, 2.24) is 4.98 Å². The van der Waals surface area contributed by atoms with Crippen molar-refractivity contribution in [2.75, 3.05) is 0 Å². The number of fused-ring (bicyclic) bond motifs is 1. The van der Waals surface area contributed by atoms with E-state index in [0.717, 1.165) is 22.2 Å². The molecule has 0 fully saturated rings. The van der Waals surface area contributed by atoms with Crippen molar-refractivity contribution in [2.45, 2.75) is 26.7 Å². The van der Waals surface area contributed by atoms with Crippen LogP contribution in [-0.4, -0.2) is 4.98 Å². The molecular formula is C14H13ClN2. The quantitative estimate of drug-likeness (QED) is 0.754. The van der Waals surface area contributed by atoms with E-state index in [2.05, 4.69) is 24.9 Å². The lowest BCUT2D eigenvalue weighted by Gasteiger charge is -2.10. The Hall–Kier alpha value is -1.59. The molecule has 0 amide bonds. The molecule has 1 aromatic carbocycles. The topological polar surface area (TPSA) is 36.7 Å². The van der Waals surface area contributed by atoms with Crippen LogP contribution in [0.5, 0.6) is 0 Å². The Labute approximate surface area is 106 Å². The van der Waals surface area contributed by atoms with Crippen molar-refractivity contribution in [3.63, 3.8) is 0 Å². The van der Waals surface area contributed by atoms with E-state index in [1.54, 1.807) is 6.07 Å². The number of halogens is 1. The monoisotopic (exact) mass is 244 g/mol. The number of rotatable bonds is 1. The number of hydrogen-bond donors (Lipinski definition) is 0. The lowest BCUT2D eigenvalue weighted by atomic mass is 10.0. The van der Waals surface area contributed by atoms with Crippen LogP contribution in [0, 0.1) is 18.3 Å². The summed E-state index contributed by atoms with van der Waals surface area (Å²) in [4.78, 5) is 4.61. The molecule has 0 unspecified atom stereocenters. The first-order chi connectivity index (χ1) is 8.02. The summed E-state index contributed by atoms with van der Waals surface area (Å²) in [6, 6.07) is 7.75. The van der Waals surface area contributed by atoms with Crippen LogP contribution in [0.2, 0.25) is 5.02 Å². The largest absolute Gasteiger partial charge is 0.252 e. The summed E-state index contributed by atoms with van der Waals surface area (Å²) in [6.07, 6.45) is 0. The highest BCUT2D eigenvalue weighted by atomic mass is 35.5. The summed E-state index contributed by atoms with van der Waals surface area (Å²) in [6.45, 7) is 6.10. The van der Waals surface area contributed by atoms with Crippen molar-refractivity contribution >= 4 is 22.5 Å². The van der Waals surface area contributed by atoms with Crippen LogP contribution < -0.4 is 0 Å². The molecule has 3 heteroatoms. The Morgan fingerprint density at radius 3 is 2.59 bits per heavy atom. The van der Waals surface area contributed by atoms with Crippen molar-refractivity contribution in [3.8, 4) is 6.07 Å². The third-order valence-electron chi connectivity index (χ3n) is 2.80. The Morgan fingerprint density at radius 1 is 1.29 bits per heavy atom. The number of aromatic nitrogens is 1. The van der Waals surface area contributed by atoms with Gasteiger partial charge in [0.25, 0.3) is 0 Å². The molecule has 0 spiro atoms. The van der Waals surface area contributed by atoms with Gasteiger partial charge in [-0.1, -0.05) is 25.4 Å². The highest BCUT2D eigenvalue weighted by Gasteiger charge is 2.10. The van der Waals surface area contributed by atoms with Gasteiger partial charge in [-0.3, -0.25) is 4.98 Å². The SMILES string of the molecule is Cc1cc(Cl)cc2c(C#N)cc(C(C)C)nc12. The summed E-state index contributed by atoms with van der Waals surface area (Å²) < 4.78 is 0. The molecule has 1 aromatic heterocycles. The third kappa shape index (κ3) is 2.11. The molecule has 0 aliphatic heterocycles. The predicted molar refractivity (Wildman–Crippen MR) is 70.3 cm³/mol. The van der Waals surface area contributed by atoms with Gasteiger partial charge in [0, 0.05) is 16.1 Å². The molecule has 86 valence electrons. The maximum absolute atomic E-state index is 9.20. The minimum Gasteiger partial charge on any atom is -0.252 e. The molecule has 2 rings (SSSR count). The van der Waals surface area contributed by atoms with Crippen molar-refractivity contribution in [2.24, 2.45) is 0 Å². The zero-order chi connectivity index (χ0) is 12.6. The minimum absolute atomic E-state index is 0.307. The Kier molecular flexibility index (Phi) is 3.04. The van der Waals surface area contributed by atoms with Crippen LogP contribution in [0.15, 0.2) is 18.2 Å². The third-order valence-corrected chi connectivity index (χ3v) is 3.02. The number of pyridine rings is 1. The second-order valence-electron chi connectivity index (χ2n) is 4.48. The first-order valence-corrected chi connectivity index (χ1v) is 5.91. The molecule has 0 saturated carbocycles. The molecule has 0 saturated heterocycles. The molecule has 17 heavy (non-hydrogen) atoms.